The molecule has 188 valence electrons. The highest BCUT2D eigenvalue weighted by Gasteiger charge is 2.27. The molecule has 2 amide bonds. The van der Waals surface area contributed by atoms with E-state index in [-0.39, 0.29) is 18.4 Å². The zero-order chi connectivity index (χ0) is 25.8. The fraction of sp³-hybridized carbons (Fsp3) is 0.185. The molecule has 0 saturated carbocycles. The van der Waals surface area contributed by atoms with E-state index in [4.69, 9.17) is 14.2 Å². The molecule has 0 fully saturated rings. The molecule has 1 aliphatic heterocycles. The number of anilines is 1. The Morgan fingerprint density at radius 1 is 1.05 bits per heavy atom. The fourth-order valence-electron chi connectivity index (χ4n) is 3.97. The lowest BCUT2D eigenvalue weighted by Gasteiger charge is -2.25. The molecule has 0 aliphatic carbocycles. The summed E-state index contributed by atoms with van der Waals surface area (Å²) in [6.45, 7) is 0.158. The first kappa shape index (κ1) is 23.9. The molecule has 0 saturated heterocycles. The summed E-state index contributed by atoms with van der Waals surface area (Å²) in [5.41, 5.74) is 2.32. The van der Waals surface area contributed by atoms with E-state index >= 15 is 0 Å². The highest BCUT2D eigenvalue weighted by Crippen LogP contribution is 2.33. The molecule has 0 bridgehead atoms. The van der Waals surface area contributed by atoms with E-state index in [2.05, 4.69) is 15.6 Å². The maximum Gasteiger partial charge on any atom is 0.274 e. The van der Waals surface area contributed by atoms with Crippen LogP contribution in [-0.4, -0.2) is 53.8 Å². The maximum absolute atomic E-state index is 13.5. The van der Waals surface area contributed by atoms with Crippen molar-refractivity contribution in [3.63, 3.8) is 0 Å². The summed E-state index contributed by atoms with van der Waals surface area (Å²) in [5.74, 6) is 1.14. The highest BCUT2D eigenvalue weighted by molar-refractivity contribution is 6.01. The summed E-state index contributed by atoms with van der Waals surface area (Å²) in [4.78, 5) is 28.2. The Hall–Kier alpha value is -4.86. The van der Waals surface area contributed by atoms with Crippen LogP contribution in [0.2, 0.25) is 0 Å². The van der Waals surface area contributed by atoms with Crippen molar-refractivity contribution in [3.05, 3.63) is 90.3 Å². The van der Waals surface area contributed by atoms with Gasteiger partial charge in [-0.3, -0.25) is 9.59 Å². The molecule has 5 rings (SSSR count). The quantitative estimate of drug-likeness (QED) is 0.397. The van der Waals surface area contributed by atoms with Gasteiger partial charge >= 0.3 is 0 Å². The van der Waals surface area contributed by atoms with Gasteiger partial charge in [0, 0.05) is 25.2 Å². The predicted molar refractivity (Wildman–Crippen MR) is 135 cm³/mol. The van der Waals surface area contributed by atoms with Crippen molar-refractivity contribution >= 4 is 17.5 Å². The lowest BCUT2D eigenvalue weighted by molar-refractivity contribution is -0.120. The minimum absolute atomic E-state index is 0.0793. The Balaban J connectivity index is 1.35. The van der Waals surface area contributed by atoms with Crippen LogP contribution in [0.15, 0.2) is 79.0 Å². The lowest BCUT2D eigenvalue weighted by atomic mass is 10.0. The van der Waals surface area contributed by atoms with Crippen molar-refractivity contribution in [2.75, 3.05) is 25.9 Å². The van der Waals surface area contributed by atoms with Crippen LogP contribution in [0.25, 0.3) is 5.69 Å². The number of nitrogens with one attached hydrogen (secondary N) is 1. The van der Waals surface area contributed by atoms with Crippen molar-refractivity contribution < 1.29 is 23.8 Å². The third-order valence-corrected chi connectivity index (χ3v) is 6.02. The van der Waals surface area contributed by atoms with Crippen molar-refractivity contribution in [2.24, 2.45) is 0 Å². The van der Waals surface area contributed by atoms with Gasteiger partial charge in [-0.05, 0) is 42.0 Å². The number of hydrogen-bond donors (Lipinski definition) is 1. The van der Waals surface area contributed by atoms with Crippen LogP contribution in [0.4, 0.5) is 5.69 Å². The van der Waals surface area contributed by atoms with Gasteiger partial charge in [0.1, 0.15) is 11.8 Å². The molecule has 0 unspecified atom stereocenters. The second-order valence-corrected chi connectivity index (χ2v) is 8.40. The van der Waals surface area contributed by atoms with Crippen LogP contribution in [0.1, 0.15) is 16.1 Å². The normalized spacial score (nSPS) is 12.6. The SMILES string of the molecule is COc1ccc(N(C)C(=O)[C@H](Cc2ccccc2)NC(=O)c2cn(-c3ccc4c(c3)OCO4)nn2)cc1. The standard InChI is InChI=1S/C27H25N5O5/c1-31(19-8-11-21(35-2)12-9-19)27(34)22(14-18-6-4-3-5-7-18)28-26(33)23-16-32(30-29-23)20-10-13-24-25(15-20)37-17-36-24/h3-13,15-16,22H,14,17H2,1-2H3,(H,28,33)/t22-/m0/s1. The van der Waals surface area contributed by atoms with Gasteiger partial charge in [0.15, 0.2) is 17.2 Å². The average Bonchev–Trinajstić information content (AvgIpc) is 3.62. The Morgan fingerprint density at radius 2 is 1.81 bits per heavy atom. The summed E-state index contributed by atoms with van der Waals surface area (Å²) in [7, 11) is 3.25. The Labute approximate surface area is 213 Å². The van der Waals surface area contributed by atoms with Crippen molar-refractivity contribution in [3.8, 4) is 22.9 Å². The summed E-state index contributed by atoms with van der Waals surface area (Å²) >= 11 is 0. The summed E-state index contributed by atoms with van der Waals surface area (Å²) < 4.78 is 17.4. The van der Waals surface area contributed by atoms with Gasteiger partial charge in [0.2, 0.25) is 12.7 Å². The van der Waals surface area contributed by atoms with E-state index in [1.165, 1.54) is 15.8 Å². The molecular weight excluding hydrogens is 474 g/mol. The molecule has 1 N–H and O–H groups in total. The average molecular weight is 500 g/mol. The van der Waals surface area contributed by atoms with Gasteiger partial charge in [0.25, 0.3) is 5.91 Å². The number of nitrogens with zero attached hydrogens (tertiary/aromatic N) is 4. The molecule has 10 heteroatoms. The third kappa shape index (κ3) is 5.22. The van der Waals surface area contributed by atoms with Crippen LogP contribution in [0.3, 0.4) is 0 Å². The molecular formula is C27H25N5O5. The van der Waals surface area contributed by atoms with Crippen LogP contribution in [0, 0.1) is 0 Å². The van der Waals surface area contributed by atoms with E-state index < -0.39 is 11.9 Å². The smallest absolute Gasteiger partial charge is 0.274 e. The number of ether oxygens (including phenoxy) is 3. The van der Waals surface area contributed by atoms with Crippen molar-refractivity contribution in [1.29, 1.82) is 0 Å². The molecule has 1 aromatic heterocycles. The second-order valence-electron chi connectivity index (χ2n) is 8.40. The number of aromatic nitrogens is 3. The van der Waals surface area contributed by atoms with Crippen LogP contribution >= 0.6 is 0 Å². The summed E-state index contributed by atoms with van der Waals surface area (Å²) in [5, 5.41) is 10.9. The first-order valence-electron chi connectivity index (χ1n) is 11.6. The molecule has 37 heavy (non-hydrogen) atoms. The van der Waals surface area contributed by atoms with Gasteiger partial charge in [-0.15, -0.1) is 5.10 Å². The number of amides is 2. The molecule has 0 radical (unpaired) electrons. The Morgan fingerprint density at radius 3 is 2.57 bits per heavy atom. The molecule has 0 spiro atoms. The van der Waals surface area contributed by atoms with Crippen LogP contribution < -0.4 is 24.4 Å². The maximum atomic E-state index is 13.5. The molecule has 1 aliphatic rings. The van der Waals surface area contributed by atoms with E-state index in [9.17, 15) is 9.59 Å². The van der Waals surface area contributed by atoms with E-state index in [1.54, 1.807) is 56.6 Å². The second kappa shape index (κ2) is 10.4. The first-order valence-corrected chi connectivity index (χ1v) is 11.6. The fourth-order valence-corrected chi connectivity index (χ4v) is 3.97. The minimum atomic E-state index is -0.835. The van der Waals surface area contributed by atoms with Gasteiger partial charge in [0.05, 0.1) is 19.0 Å². The molecule has 2 heterocycles. The van der Waals surface area contributed by atoms with Crippen molar-refractivity contribution in [2.45, 2.75) is 12.5 Å². The summed E-state index contributed by atoms with van der Waals surface area (Å²) in [6.07, 6.45) is 1.81. The number of carbonyl (C=O) groups excluding carboxylic acids is 2. The number of rotatable bonds is 8. The zero-order valence-electron chi connectivity index (χ0n) is 20.3. The summed E-state index contributed by atoms with van der Waals surface area (Å²) in [6, 6.07) is 21.1. The van der Waals surface area contributed by atoms with Gasteiger partial charge in [-0.2, -0.15) is 0 Å². The molecule has 10 nitrogen and oxygen atoms in total. The minimum Gasteiger partial charge on any atom is -0.497 e. The number of carbonyl (C=O) groups is 2. The lowest BCUT2D eigenvalue weighted by Crippen LogP contribution is -2.48. The van der Waals surface area contributed by atoms with Crippen LogP contribution in [-0.2, 0) is 11.2 Å². The zero-order valence-corrected chi connectivity index (χ0v) is 20.3. The molecule has 1 atom stereocenters. The number of methoxy groups -OCH3 is 1. The van der Waals surface area contributed by atoms with Gasteiger partial charge in [-0.25, -0.2) is 4.68 Å². The molecule has 4 aromatic rings. The Bertz CT molecular complexity index is 1400. The van der Waals surface area contributed by atoms with Crippen LogP contribution in [0.5, 0.6) is 17.2 Å². The van der Waals surface area contributed by atoms with Crippen molar-refractivity contribution in [1.82, 2.24) is 20.3 Å². The first-order chi connectivity index (χ1) is 18.0. The molecule has 3 aromatic carbocycles. The van der Waals surface area contributed by atoms with Gasteiger partial charge in [-0.1, -0.05) is 35.5 Å². The topological polar surface area (TPSA) is 108 Å². The number of benzene rings is 3. The Kier molecular flexibility index (Phi) is 6.71. The number of hydrogen-bond acceptors (Lipinski definition) is 7. The van der Waals surface area contributed by atoms with E-state index in [0.717, 1.165) is 5.56 Å². The predicted octanol–water partition coefficient (Wildman–Crippen LogP) is 3.01. The third-order valence-electron chi connectivity index (χ3n) is 6.02. The van der Waals surface area contributed by atoms with E-state index in [0.29, 0.717) is 35.0 Å². The van der Waals surface area contributed by atoms with E-state index in [1.807, 2.05) is 30.3 Å². The van der Waals surface area contributed by atoms with Gasteiger partial charge < -0.3 is 24.4 Å². The number of likely N-dealkylation sites (N-methyl/N-ethyl adjacent to an activating group) is 1. The monoisotopic (exact) mass is 499 g/mol. The highest BCUT2D eigenvalue weighted by atomic mass is 16.7. The largest absolute Gasteiger partial charge is 0.497 e. The number of fused-ring (bicyclic) bond motifs is 1.